The second-order valence-electron chi connectivity index (χ2n) is 6.85. The molecule has 1 rings (SSSR count). The average molecular weight is 350 g/mol. The first-order chi connectivity index (χ1) is 11.9. The summed E-state index contributed by atoms with van der Waals surface area (Å²) in [6.07, 6.45) is 6.02. The minimum Gasteiger partial charge on any atom is -0.491 e. The number of nitrogens with one attached hydrogen (secondary N) is 1. The van der Waals surface area contributed by atoms with Crippen LogP contribution in [0.1, 0.15) is 73.1 Å². The lowest BCUT2D eigenvalue weighted by molar-refractivity contribution is -0.140. The number of amides is 1. The molecule has 0 fully saturated rings. The van der Waals surface area contributed by atoms with Crippen LogP contribution in [0.5, 0.6) is 5.75 Å². The van der Waals surface area contributed by atoms with E-state index in [1.807, 2.05) is 38.1 Å². The van der Waals surface area contributed by atoms with Gasteiger partial charge in [-0.15, -0.1) is 0 Å². The molecule has 0 heterocycles. The smallest absolute Gasteiger partial charge is 0.256 e. The SMILES string of the molecule is CCCCC[C@](C)(OCCC)C(=O)Nc1ccc(O[C@@H](C)CC)cc1. The highest BCUT2D eigenvalue weighted by molar-refractivity contribution is 5.97. The van der Waals surface area contributed by atoms with E-state index in [0.717, 1.165) is 50.0 Å². The zero-order chi connectivity index (χ0) is 18.7. The fraction of sp³-hybridized carbons (Fsp3) is 0.667. The summed E-state index contributed by atoms with van der Waals surface area (Å²) in [5, 5.41) is 2.99. The van der Waals surface area contributed by atoms with Crippen molar-refractivity contribution in [2.24, 2.45) is 0 Å². The van der Waals surface area contributed by atoms with Crippen LogP contribution in [0.25, 0.3) is 0 Å². The first-order valence-electron chi connectivity index (χ1n) is 9.67. The molecule has 0 unspecified atom stereocenters. The van der Waals surface area contributed by atoms with Gasteiger partial charge in [0.05, 0.1) is 6.10 Å². The van der Waals surface area contributed by atoms with Gasteiger partial charge in [0.25, 0.3) is 5.91 Å². The Labute approximate surface area is 153 Å². The van der Waals surface area contributed by atoms with Crippen molar-refractivity contribution < 1.29 is 14.3 Å². The highest BCUT2D eigenvalue weighted by Gasteiger charge is 2.33. The molecule has 0 saturated heterocycles. The minimum atomic E-state index is -0.781. The number of ether oxygens (including phenoxy) is 2. The molecule has 0 aliphatic heterocycles. The lowest BCUT2D eigenvalue weighted by Gasteiger charge is -2.28. The lowest BCUT2D eigenvalue weighted by atomic mass is 9.96. The van der Waals surface area contributed by atoms with Gasteiger partial charge in [0, 0.05) is 12.3 Å². The molecule has 1 aromatic rings. The minimum absolute atomic E-state index is 0.0763. The van der Waals surface area contributed by atoms with E-state index in [4.69, 9.17) is 9.47 Å². The van der Waals surface area contributed by atoms with Crippen molar-refractivity contribution in [3.05, 3.63) is 24.3 Å². The number of hydrogen-bond donors (Lipinski definition) is 1. The van der Waals surface area contributed by atoms with E-state index in [2.05, 4.69) is 26.1 Å². The highest BCUT2D eigenvalue weighted by atomic mass is 16.5. The number of benzene rings is 1. The Kier molecular flexibility index (Phi) is 9.58. The van der Waals surface area contributed by atoms with Crippen molar-refractivity contribution in [1.29, 1.82) is 0 Å². The van der Waals surface area contributed by atoms with Crippen LogP contribution in [0.4, 0.5) is 5.69 Å². The molecule has 0 spiro atoms. The molecule has 0 aliphatic carbocycles. The van der Waals surface area contributed by atoms with Crippen LogP contribution >= 0.6 is 0 Å². The maximum absolute atomic E-state index is 12.8. The predicted molar refractivity (Wildman–Crippen MR) is 104 cm³/mol. The van der Waals surface area contributed by atoms with Gasteiger partial charge in [-0.05, 0) is 57.4 Å². The topological polar surface area (TPSA) is 47.6 Å². The monoisotopic (exact) mass is 349 g/mol. The third-order valence-electron chi connectivity index (χ3n) is 4.39. The third-order valence-corrected chi connectivity index (χ3v) is 4.39. The quantitative estimate of drug-likeness (QED) is 0.502. The standard InChI is InChI=1S/C21H35NO3/c1-6-9-10-15-21(5,24-16-7-2)20(23)22-18-11-13-19(14-12-18)25-17(4)8-3/h11-14,17H,6-10,15-16H2,1-5H3,(H,22,23)/t17-,21-/m0/s1. The fourth-order valence-corrected chi connectivity index (χ4v) is 2.49. The Morgan fingerprint density at radius 2 is 1.80 bits per heavy atom. The van der Waals surface area contributed by atoms with E-state index in [-0.39, 0.29) is 12.0 Å². The molecule has 0 aliphatic rings. The van der Waals surface area contributed by atoms with Gasteiger partial charge in [-0.2, -0.15) is 0 Å². The van der Waals surface area contributed by atoms with E-state index >= 15 is 0 Å². The predicted octanol–water partition coefficient (Wildman–Crippen LogP) is 5.57. The van der Waals surface area contributed by atoms with Crippen LogP contribution in [-0.2, 0) is 9.53 Å². The lowest BCUT2D eigenvalue weighted by Crippen LogP contribution is -2.43. The molecule has 1 N–H and O–H groups in total. The van der Waals surface area contributed by atoms with Gasteiger partial charge in [0.15, 0.2) is 0 Å². The normalized spacial score (nSPS) is 14.6. The Hall–Kier alpha value is -1.55. The molecule has 25 heavy (non-hydrogen) atoms. The first kappa shape index (κ1) is 21.5. The van der Waals surface area contributed by atoms with E-state index in [1.54, 1.807) is 0 Å². The van der Waals surface area contributed by atoms with Gasteiger partial charge >= 0.3 is 0 Å². The third kappa shape index (κ3) is 7.47. The van der Waals surface area contributed by atoms with Crippen molar-refractivity contribution >= 4 is 11.6 Å². The van der Waals surface area contributed by atoms with E-state index in [9.17, 15) is 4.79 Å². The molecule has 0 radical (unpaired) electrons. The van der Waals surface area contributed by atoms with Crippen LogP contribution in [0.15, 0.2) is 24.3 Å². The van der Waals surface area contributed by atoms with Gasteiger partial charge in [-0.25, -0.2) is 0 Å². The molecule has 2 atom stereocenters. The second-order valence-corrected chi connectivity index (χ2v) is 6.85. The Balaban J connectivity index is 2.71. The van der Waals surface area contributed by atoms with Gasteiger partial charge in [-0.1, -0.05) is 40.0 Å². The summed E-state index contributed by atoms with van der Waals surface area (Å²) in [6.45, 7) is 10.8. The van der Waals surface area contributed by atoms with Crippen molar-refractivity contribution in [3.8, 4) is 5.75 Å². The number of rotatable bonds is 12. The molecular weight excluding hydrogens is 314 g/mol. The summed E-state index contributed by atoms with van der Waals surface area (Å²) in [6, 6.07) is 7.54. The van der Waals surface area contributed by atoms with E-state index < -0.39 is 5.60 Å². The zero-order valence-electron chi connectivity index (χ0n) is 16.6. The van der Waals surface area contributed by atoms with Crippen molar-refractivity contribution in [2.45, 2.75) is 84.8 Å². The summed E-state index contributed by atoms with van der Waals surface area (Å²) < 4.78 is 11.7. The van der Waals surface area contributed by atoms with Crippen LogP contribution in [-0.4, -0.2) is 24.2 Å². The summed E-state index contributed by atoms with van der Waals surface area (Å²) in [7, 11) is 0. The second kappa shape index (κ2) is 11.1. The molecule has 1 amide bonds. The van der Waals surface area contributed by atoms with E-state index in [0.29, 0.717) is 6.61 Å². The van der Waals surface area contributed by atoms with Crippen LogP contribution in [0, 0.1) is 0 Å². The maximum atomic E-state index is 12.8. The van der Waals surface area contributed by atoms with Gasteiger partial charge in [0.1, 0.15) is 11.4 Å². The molecule has 0 saturated carbocycles. The summed E-state index contributed by atoms with van der Waals surface area (Å²) in [4.78, 5) is 12.8. The number of carbonyl (C=O) groups excluding carboxylic acids is 1. The molecule has 4 heteroatoms. The first-order valence-corrected chi connectivity index (χ1v) is 9.67. The summed E-state index contributed by atoms with van der Waals surface area (Å²) in [5.74, 6) is 0.743. The Morgan fingerprint density at radius 1 is 1.12 bits per heavy atom. The molecule has 4 nitrogen and oxygen atoms in total. The van der Waals surface area contributed by atoms with Crippen LogP contribution in [0.3, 0.4) is 0 Å². The van der Waals surface area contributed by atoms with Crippen LogP contribution in [0.2, 0.25) is 0 Å². The average Bonchev–Trinajstić information content (AvgIpc) is 2.61. The number of unbranched alkanes of at least 4 members (excludes halogenated alkanes) is 2. The van der Waals surface area contributed by atoms with Gasteiger partial charge in [-0.3, -0.25) is 4.79 Å². The highest BCUT2D eigenvalue weighted by Crippen LogP contribution is 2.24. The van der Waals surface area contributed by atoms with E-state index in [1.165, 1.54) is 0 Å². The van der Waals surface area contributed by atoms with Crippen molar-refractivity contribution in [1.82, 2.24) is 0 Å². The zero-order valence-corrected chi connectivity index (χ0v) is 16.6. The molecule has 1 aromatic carbocycles. The number of anilines is 1. The Bertz CT molecular complexity index is 500. The molecule has 0 bridgehead atoms. The molecule has 142 valence electrons. The Morgan fingerprint density at radius 3 is 2.36 bits per heavy atom. The molecular formula is C21H35NO3. The summed E-state index contributed by atoms with van der Waals surface area (Å²) in [5.41, 5.74) is -0.0137. The van der Waals surface area contributed by atoms with Crippen molar-refractivity contribution in [2.75, 3.05) is 11.9 Å². The summed E-state index contributed by atoms with van der Waals surface area (Å²) >= 11 is 0. The van der Waals surface area contributed by atoms with Gasteiger partial charge in [0.2, 0.25) is 0 Å². The van der Waals surface area contributed by atoms with Crippen LogP contribution < -0.4 is 10.1 Å². The van der Waals surface area contributed by atoms with Gasteiger partial charge < -0.3 is 14.8 Å². The number of carbonyl (C=O) groups is 1. The molecule has 0 aromatic heterocycles. The van der Waals surface area contributed by atoms with Crippen molar-refractivity contribution in [3.63, 3.8) is 0 Å². The number of hydrogen-bond acceptors (Lipinski definition) is 3. The maximum Gasteiger partial charge on any atom is 0.256 e. The fourth-order valence-electron chi connectivity index (χ4n) is 2.49. The largest absolute Gasteiger partial charge is 0.491 e.